The van der Waals surface area contributed by atoms with Crippen molar-refractivity contribution in [2.75, 3.05) is 0 Å². The molecule has 0 aliphatic rings. The van der Waals surface area contributed by atoms with Crippen LogP contribution in [0.15, 0.2) is 182 Å². The van der Waals surface area contributed by atoms with Gasteiger partial charge in [-0.05, 0) is 59.7 Å². The zero-order valence-corrected chi connectivity index (χ0v) is 27.1. The zero-order chi connectivity index (χ0) is 33.0. The Hall–Kier alpha value is -6.78. The van der Waals surface area contributed by atoms with Crippen molar-refractivity contribution < 1.29 is 0 Å². The van der Waals surface area contributed by atoms with E-state index in [0.29, 0.717) is 5.82 Å². The molecule has 0 aliphatic heterocycles. The lowest BCUT2D eigenvalue weighted by Gasteiger charge is -2.13. The first-order chi connectivity index (χ1) is 24.8. The van der Waals surface area contributed by atoms with Crippen LogP contribution in [-0.4, -0.2) is 19.1 Å². The molecule has 0 radical (unpaired) electrons. The predicted octanol–water partition coefficient (Wildman–Crippen LogP) is 11.7. The summed E-state index contributed by atoms with van der Waals surface area (Å²) < 4.78 is 4.67. The minimum absolute atomic E-state index is 0.703. The average molecular weight is 639 g/mol. The lowest BCUT2D eigenvalue weighted by molar-refractivity contribution is 1.13. The first-order valence-electron chi connectivity index (χ1n) is 16.9. The smallest absolute Gasteiger partial charge is 0.160 e. The number of nitrogens with zero attached hydrogens (tertiary/aromatic N) is 4. The van der Waals surface area contributed by atoms with Gasteiger partial charge in [-0.2, -0.15) is 0 Å². The quantitative estimate of drug-likeness (QED) is 0.188. The van der Waals surface area contributed by atoms with Crippen molar-refractivity contribution >= 4 is 43.6 Å². The van der Waals surface area contributed by atoms with Crippen LogP contribution in [-0.2, 0) is 0 Å². The van der Waals surface area contributed by atoms with E-state index < -0.39 is 0 Å². The highest BCUT2D eigenvalue weighted by Gasteiger charge is 2.18. The molecule has 3 aromatic heterocycles. The number of hydrogen-bond acceptors (Lipinski definition) is 2. The Balaban J connectivity index is 1.15. The molecule has 0 spiro atoms. The van der Waals surface area contributed by atoms with E-state index in [4.69, 9.17) is 9.97 Å². The maximum atomic E-state index is 5.25. The van der Waals surface area contributed by atoms with Crippen LogP contribution in [0.4, 0.5) is 0 Å². The Bertz CT molecular complexity index is 2850. The second kappa shape index (κ2) is 11.4. The topological polar surface area (TPSA) is 35.6 Å². The van der Waals surface area contributed by atoms with Crippen molar-refractivity contribution in [3.8, 4) is 45.1 Å². The lowest BCUT2D eigenvalue weighted by atomic mass is 10.0. The van der Waals surface area contributed by atoms with Crippen LogP contribution in [0, 0.1) is 0 Å². The van der Waals surface area contributed by atoms with Crippen LogP contribution in [0.25, 0.3) is 88.8 Å². The maximum absolute atomic E-state index is 5.25. The van der Waals surface area contributed by atoms with Gasteiger partial charge in [0.05, 0.1) is 27.8 Å². The van der Waals surface area contributed by atoms with Crippen molar-refractivity contribution in [1.82, 2.24) is 19.1 Å². The molecule has 0 saturated carbocycles. The summed E-state index contributed by atoms with van der Waals surface area (Å²) in [5.41, 5.74) is 12.0. The summed E-state index contributed by atoms with van der Waals surface area (Å²) >= 11 is 0. The molecule has 0 aliphatic carbocycles. The van der Waals surface area contributed by atoms with Crippen molar-refractivity contribution in [3.63, 3.8) is 0 Å². The van der Waals surface area contributed by atoms with E-state index in [1.165, 1.54) is 43.8 Å². The maximum Gasteiger partial charge on any atom is 0.160 e. The number of rotatable bonds is 5. The van der Waals surface area contributed by atoms with Gasteiger partial charge in [0.15, 0.2) is 5.82 Å². The summed E-state index contributed by atoms with van der Waals surface area (Å²) in [4.78, 5) is 10.4. The first-order valence-corrected chi connectivity index (χ1v) is 16.9. The fourth-order valence-corrected chi connectivity index (χ4v) is 7.42. The van der Waals surface area contributed by atoms with E-state index >= 15 is 0 Å². The largest absolute Gasteiger partial charge is 0.316 e. The second-order valence-electron chi connectivity index (χ2n) is 12.7. The third kappa shape index (κ3) is 4.54. The Labute approximate surface area is 289 Å². The number of fused-ring (bicyclic) bond motifs is 6. The Morgan fingerprint density at radius 3 is 1.88 bits per heavy atom. The number of hydrogen-bond donors (Lipinski definition) is 0. The molecule has 7 aromatic carbocycles. The molecule has 10 rings (SSSR count). The second-order valence-corrected chi connectivity index (χ2v) is 12.7. The normalized spacial score (nSPS) is 11.6. The van der Waals surface area contributed by atoms with Crippen LogP contribution >= 0.6 is 0 Å². The summed E-state index contributed by atoms with van der Waals surface area (Å²) in [7, 11) is 0. The van der Waals surface area contributed by atoms with Gasteiger partial charge in [0, 0.05) is 50.2 Å². The molecule has 4 nitrogen and oxygen atoms in total. The first kappa shape index (κ1) is 28.3. The standard InChI is InChI=1S/C46H30N4/c1-3-12-31(13-4-1)32-22-24-33(25-23-32)44-39-19-7-9-20-41(39)47-46(48-44)34-14-11-17-36(30-34)50-43-21-10-8-18-37(43)38-26-27-42-40(45(38)50)28-29-49(42)35-15-5-2-6-16-35/h1-30H. The monoisotopic (exact) mass is 638 g/mol. The van der Waals surface area contributed by atoms with Gasteiger partial charge in [-0.25, -0.2) is 9.97 Å². The molecule has 234 valence electrons. The molecule has 10 aromatic rings. The van der Waals surface area contributed by atoms with E-state index in [9.17, 15) is 0 Å². The molecule has 0 amide bonds. The lowest BCUT2D eigenvalue weighted by Crippen LogP contribution is -1.98. The van der Waals surface area contributed by atoms with Gasteiger partial charge in [0.25, 0.3) is 0 Å². The van der Waals surface area contributed by atoms with Crippen LogP contribution in [0.2, 0.25) is 0 Å². The molecule has 0 atom stereocenters. The molecule has 0 saturated heterocycles. The van der Waals surface area contributed by atoms with E-state index in [2.05, 4.69) is 179 Å². The molecule has 0 N–H and O–H groups in total. The van der Waals surface area contributed by atoms with Crippen molar-refractivity contribution in [3.05, 3.63) is 182 Å². The van der Waals surface area contributed by atoms with Crippen LogP contribution < -0.4 is 0 Å². The molecular weight excluding hydrogens is 609 g/mol. The van der Waals surface area contributed by atoms with Crippen LogP contribution in [0.5, 0.6) is 0 Å². The molecule has 0 unspecified atom stereocenters. The van der Waals surface area contributed by atoms with Gasteiger partial charge in [-0.15, -0.1) is 0 Å². The van der Waals surface area contributed by atoms with Crippen LogP contribution in [0.1, 0.15) is 0 Å². The minimum atomic E-state index is 0.703. The highest BCUT2D eigenvalue weighted by molar-refractivity contribution is 6.18. The number of para-hydroxylation sites is 3. The van der Waals surface area contributed by atoms with Crippen molar-refractivity contribution in [1.29, 1.82) is 0 Å². The Morgan fingerprint density at radius 2 is 1.04 bits per heavy atom. The van der Waals surface area contributed by atoms with Crippen molar-refractivity contribution in [2.24, 2.45) is 0 Å². The summed E-state index contributed by atoms with van der Waals surface area (Å²) in [5.74, 6) is 0.703. The van der Waals surface area contributed by atoms with E-state index in [-0.39, 0.29) is 0 Å². The van der Waals surface area contributed by atoms with E-state index in [1.54, 1.807) is 0 Å². The SMILES string of the molecule is c1ccc(-c2ccc(-c3nc(-c4cccc(-n5c6ccccc6c6ccc7c(ccn7-c7ccccc7)c65)c4)nc4ccccc34)cc2)cc1. The average Bonchev–Trinajstić information content (AvgIpc) is 3.78. The van der Waals surface area contributed by atoms with Gasteiger partial charge < -0.3 is 9.13 Å². The number of benzene rings is 7. The zero-order valence-electron chi connectivity index (χ0n) is 27.1. The summed E-state index contributed by atoms with van der Waals surface area (Å²) in [6.07, 6.45) is 2.18. The highest BCUT2D eigenvalue weighted by atomic mass is 15.0. The highest BCUT2D eigenvalue weighted by Crippen LogP contribution is 2.38. The van der Waals surface area contributed by atoms with E-state index in [0.717, 1.165) is 39.1 Å². The molecule has 4 heteroatoms. The van der Waals surface area contributed by atoms with Gasteiger partial charge in [0.2, 0.25) is 0 Å². The summed E-state index contributed by atoms with van der Waals surface area (Å²) in [5, 5.41) is 4.70. The molecular formula is C46H30N4. The molecule has 50 heavy (non-hydrogen) atoms. The van der Waals surface area contributed by atoms with Crippen LogP contribution in [0.3, 0.4) is 0 Å². The fraction of sp³-hybridized carbons (Fsp3) is 0. The molecule has 3 heterocycles. The molecule has 0 bridgehead atoms. The Kier molecular flexibility index (Phi) is 6.46. The van der Waals surface area contributed by atoms with Crippen molar-refractivity contribution in [2.45, 2.75) is 0 Å². The van der Waals surface area contributed by atoms with Gasteiger partial charge in [-0.1, -0.05) is 127 Å². The third-order valence-corrected chi connectivity index (χ3v) is 9.77. The summed E-state index contributed by atoms with van der Waals surface area (Å²) in [6, 6.07) is 62.1. The minimum Gasteiger partial charge on any atom is -0.316 e. The summed E-state index contributed by atoms with van der Waals surface area (Å²) in [6.45, 7) is 0. The predicted molar refractivity (Wildman–Crippen MR) is 207 cm³/mol. The van der Waals surface area contributed by atoms with E-state index in [1.807, 2.05) is 12.1 Å². The van der Waals surface area contributed by atoms with Gasteiger partial charge in [0.1, 0.15) is 0 Å². The molecule has 0 fully saturated rings. The van der Waals surface area contributed by atoms with Gasteiger partial charge in [-0.3, -0.25) is 0 Å². The number of aromatic nitrogens is 4. The Morgan fingerprint density at radius 1 is 0.380 bits per heavy atom. The third-order valence-electron chi connectivity index (χ3n) is 9.77. The van der Waals surface area contributed by atoms with Gasteiger partial charge >= 0.3 is 0 Å². The fourth-order valence-electron chi connectivity index (χ4n) is 7.42.